The quantitative estimate of drug-likeness (QED) is 0.576. The lowest BCUT2D eigenvalue weighted by Crippen LogP contribution is -2.35. The number of nitrogens with one attached hydrogen (secondary N) is 1. The fraction of sp³-hybridized carbons (Fsp3) is 0.500. The SMILES string of the molecule is CN1CCCN(C(=O)c2cccnc2NN)CC1. The molecule has 6 heteroatoms. The third-order valence-electron chi connectivity index (χ3n) is 3.18. The highest BCUT2D eigenvalue weighted by Crippen LogP contribution is 2.14. The van der Waals surface area contributed by atoms with Crippen molar-refractivity contribution < 1.29 is 4.79 Å². The molecule has 0 bridgehead atoms. The number of likely N-dealkylation sites (N-methyl/N-ethyl adjacent to an activating group) is 1. The molecule has 1 saturated heterocycles. The van der Waals surface area contributed by atoms with E-state index in [-0.39, 0.29) is 5.91 Å². The lowest BCUT2D eigenvalue weighted by Gasteiger charge is -2.21. The number of rotatable bonds is 2. The maximum atomic E-state index is 12.4. The number of amides is 1. The summed E-state index contributed by atoms with van der Waals surface area (Å²) in [5, 5.41) is 0. The second kappa shape index (κ2) is 5.79. The molecule has 0 spiro atoms. The number of aromatic nitrogens is 1. The second-order valence-electron chi connectivity index (χ2n) is 4.49. The average molecular weight is 249 g/mol. The molecule has 6 nitrogen and oxygen atoms in total. The third kappa shape index (κ3) is 2.77. The third-order valence-corrected chi connectivity index (χ3v) is 3.18. The summed E-state index contributed by atoms with van der Waals surface area (Å²) in [6.07, 6.45) is 2.61. The van der Waals surface area contributed by atoms with Crippen LogP contribution in [0.5, 0.6) is 0 Å². The smallest absolute Gasteiger partial charge is 0.257 e. The molecule has 1 aromatic rings. The number of anilines is 1. The molecular formula is C12H19N5O. The van der Waals surface area contributed by atoms with Gasteiger partial charge in [-0.25, -0.2) is 10.8 Å². The zero-order valence-electron chi connectivity index (χ0n) is 10.6. The normalized spacial score (nSPS) is 17.3. The minimum atomic E-state index is -0.00801. The molecule has 18 heavy (non-hydrogen) atoms. The summed E-state index contributed by atoms with van der Waals surface area (Å²) >= 11 is 0. The van der Waals surface area contributed by atoms with Crippen LogP contribution in [0.25, 0.3) is 0 Å². The monoisotopic (exact) mass is 249 g/mol. The highest BCUT2D eigenvalue weighted by Gasteiger charge is 2.21. The van der Waals surface area contributed by atoms with Crippen molar-refractivity contribution in [1.82, 2.24) is 14.8 Å². The van der Waals surface area contributed by atoms with Crippen molar-refractivity contribution in [3.63, 3.8) is 0 Å². The number of nitrogens with two attached hydrogens (primary N) is 1. The van der Waals surface area contributed by atoms with Crippen molar-refractivity contribution in [3.8, 4) is 0 Å². The van der Waals surface area contributed by atoms with Crippen molar-refractivity contribution in [2.24, 2.45) is 5.84 Å². The maximum absolute atomic E-state index is 12.4. The Morgan fingerprint density at radius 2 is 2.22 bits per heavy atom. The number of pyridine rings is 1. The van der Waals surface area contributed by atoms with Crippen LogP contribution in [0.2, 0.25) is 0 Å². The summed E-state index contributed by atoms with van der Waals surface area (Å²) in [6.45, 7) is 3.45. The van der Waals surface area contributed by atoms with E-state index in [2.05, 4.69) is 22.4 Å². The molecule has 1 aliphatic rings. The average Bonchev–Trinajstić information content (AvgIpc) is 2.62. The molecular weight excluding hydrogens is 230 g/mol. The van der Waals surface area contributed by atoms with Gasteiger partial charge in [0.05, 0.1) is 5.56 Å². The zero-order valence-corrected chi connectivity index (χ0v) is 10.6. The van der Waals surface area contributed by atoms with Gasteiger partial charge in [-0.2, -0.15) is 0 Å². The molecule has 1 amide bonds. The van der Waals surface area contributed by atoms with Crippen LogP contribution in [-0.4, -0.2) is 53.9 Å². The van der Waals surface area contributed by atoms with E-state index in [1.807, 2.05) is 4.90 Å². The fourth-order valence-corrected chi connectivity index (χ4v) is 2.11. The minimum absolute atomic E-state index is 0.00801. The van der Waals surface area contributed by atoms with Crippen molar-refractivity contribution in [2.75, 3.05) is 38.7 Å². The van der Waals surface area contributed by atoms with Gasteiger partial charge in [0, 0.05) is 25.8 Å². The van der Waals surface area contributed by atoms with E-state index in [0.717, 1.165) is 32.6 Å². The van der Waals surface area contributed by atoms with Crippen LogP contribution in [-0.2, 0) is 0 Å². The molecule has 98 valence electrons. The van der Waals surface area contributed by atoms with Gasteiger partial charge in [0.2, 0.25) is 0 Å². The molecule has 0 aliphatic carbocycles. The van der Waals surface area contributed by atoms with E-state index in [1.54, 1.807) is 18.3 Å². The topological polar surface area (TPSA) is 74.5 Å². The number of nitrogens with zero attached hydrogens (tertiary/aromatic N) is 3. The Morgan fingerprint density at radius 1 is 1.39 bits per heavy atom. The van der Waals surface area contributed by atoms with Gasteiger partial charge in [-0.05, 0) is 32.1 Å². The molecule has 0 unspecified atom stereocenters. The van der Waals surface area contributed by atoms with Crippen molar-refractivity contribution in [2.45, 2.75) is 6.42 Å². The molecule has 1 aliphatic heterocycles. The molecule has 0 aromatic carbocycles. The molecule has 3 N–H and O–H groups in total. The number of hydrogen-bond acceptors (Lipinski definition) is 5. The lowest BCUT2D eigenvalue weighted by molar-refractivity contribution is 0.0763. The number of hydrazine groups is 1. The van der Waals surface area contributed by atoms with E-state index in [0.29, 0.717) is 11.4 Å². The van der Waals surface area contributed by atoms with Gasteiger partial charge >= 0.3 is 0 Å². The summed E-state index contributed by atoms with van der Waals surface area (Å²) in [4.78, 5) is 20.6. The first-order valence-corrected chi connectivity index (χ1v) is 6.12. The first-order chi connectivity index (χ1) is 8.72. The Labute approximate surface area is 107 Å². The van der Waals surface area contributed by atoms with Gasteiger partial charge in [-0.3, -0.25) is 4.79 Å². The van der Waals surface area contributed by atoms with Gasteiger partial charge in [-0.15, -0.1) is 0 Å². The summed E-state index contributed by atoms with van der Waals surface area (Å²) in [5.74, 6) is 5.80. The number of carbonyl (C=O) groups excluding carboxylic acids is 1. The molecule has 0 radical (unpaired) electrons. The Bertz CT molecular complexity index is 423. The number of carbonyl (C=O) groups is 1. The van der Waals surface area contributed by atoms with Crippen LogP contribution in [0.15, 0.2) is 18.3 Å². The standard InChI is InChI=1S/C12H19N5O/c1-16-6-3-7-17(9-8-16)12(18)10-4-2-5-14-11(10)15-13/h2,4-5H,3,6-9,13H2,1H3,(H,14,15). The molecule has 1 fully saturated rings. The van der Waals surface area contributed by atoms with Gasteiger partial charge in [-0.1, -0.05) is 0 Å². The Balaban J connectivity index is 2.15. The van der Waals surface area contributed by atoms with E-state index >= 15 is 0 Å². The van der Waals surface area contributed by atoms with Gasteiger partial charge in [0.15, 0.2) is 5.82 Å². The molecule has 0 saturated carbocycles. The van der Waals surface area contributed by atoms with Crippen LogP contribution >= 0.6 is 0 Å². The number of hydrogen-bond donors (Lipinski definition) is 2. The molecule has 2 rings (SSSR count). The van der Waals surface area contributed by atoms with E-state index < -0.39 is 0 Å². The largest absolute Gasteiger partial charge is 0.337 e. The predicted molar refractivity (Wildman–Crippen MR) is 70.1 cm³/mol. The van der Waals surface area contributed by atoms with Gasteiger partial charge < -0.3 is 15.2 Å². The summed E-state index contributed by atoms with van der Waals surface area (Å²) < 4.78 is 0. The van der Waals surface area contributed by atoms with Crippen LogP contribution in [0.4, 0.5) is 5.82 Å². The van der Waals surface area contributed by atoms with Crippen LogP contribution in [0.1, 0.15) is 16.8 Å². The molecule has 0 atom stereocenters. The second-order valence-corrected chi connectivity index (χ2v) is 4.49. The van der Waals surface area contributed by atoms with Crippen molar-refractivity contribution in [1.29, 1.82) is 0 Å². The van der Waals surface area contributed by atoms with Gasteiger partial charge in [0.1, 0.15) is 0 Å². The summed E-state index contributed by atoms with van der Waals surface area (Å²) in [7, 11) is 2.07. The van der Waals surface area contributed by atoms with Gasteiger partial charge in [0.25, 0.3) is 5.91 Å². The summed E-state index contributed by atoms with van der Waals surface area (Å²) in [5.41, 5.74) is 3.00. The molecule has 2 heterocycles. The Hall–Kier alpha value is -1.66. The van der Waals surface area contributed by atoms with Crippen molar-refractivity contribution >= 4 is 11.7 Å². The fourth-order valence-electron chi connectivity index (χ4n) is 2.11. The highest BCUT2D eigenvalue weighted by molar-refractivity contribution is 5.98. The first kappa shape index (κ1) is 12.8. The maximum Gasteiger partial charge on any atom is 0.257 e. The minimum Gasteiger partial charge on any atom is -0.337 e. The Morgan fingerprint density at radius 3 is 3.00 bits per heavy atom. The van der Waals surface area contributed by atoms with E-state index in [1.165, 1.54) is 0 Å². The number of nitrogen functional groups attached to an aromatic ring is 1. The molecule has 1 aromatic heterocycles. The van der Waals surface area contributed by atoms with Crippen LogP contribution in [0, 0.1) is 0 Å². The summed E-state index contributed by atoms with van der Waals surface area (Å²) in [6, 6.07) is 3.50. The Kier molecular flexibility index (Phi) is 4.11. The van der Waals surface area contributed by atoms with Crippen LogP contribution in [0.3, 0.4) is 0 Å². The van der Waals surface area contributed by atoms with Crippen molar-refractivity contribution in [3.05, 3.63) is 23.9 Å². The van der Waals surface area contributed by atoms with Crippen LogP contribution < -0.4 is 11.3 Å². The predicted octanol–water partition coefficient (Wildman–Crippen LogP) is 0.145. The van der Waals surface area contributed by atoms with E-state index in [9.17, 15) is 4.79 Å². The lowest BCUT2D eigenvalue weighted by atomic mass is 10.2. The first-order valence-electron chi connectivity index (χ1n) is 6.12. The highest BCUT2D eigenvalue weighted by atomic mass is 16.2. The van der Waals surface area contributed by atoms with E-state index in [4.69, 9.17) is 5.84 Å². The zero-order chi connectivity index (χ0) is 13.0.